The molecule has 0 spiro atoms. The highest BCUT2D eigenvalue weighted by molar-refractivity contribution is 6.23. The van der Waals surface area contributed by atoms with Crippen molar-refractivity contribution in [3.8, 4) is 22.8 Å². The number of nitrogen functional groups attached to an aromatic ring is 1. The molecule has 10 rings (SSSR count). The first kappa shape index (κ1) is 40.4. The number of nitrogens with one attached hydrogen (secondary N) is 1. The summed E-state index contributed by atoms with van der Waals surface area (Å²) >= 11 is 0. The molecule has 16 nitrogen and oxygen atoms in total. The minimum atomic E-state index is -0.971. The van der Waals surface area contributed by atoms with Gasteiger partial charge < -0.3 is 25.2 Å². The van der Waals surface area contributed by atoms with Crippen LogP contribution in [0.25, 0.3) is 22.3 Å². The lowest BCUT2D eigenvalue weighted by molar-refractivity contribution is -0.136. The molecule has 0 bridgehead atoms. The fourth-order valence-electron chi connectivity index (χ4n) is 10.1. The van der Waals surface area contributed by atoms with E-state index in [2.05, 4.69) is 20.2 Å². The summed E-state index contributed by atoms with van der Waals surface area (Å²) in [4.78, 5) is 81.2. The molecule has 5 aromatic rings. The standard InChI is InChI=1S/C47H50N10O6/c48-42-40-41(31-8-11-35(12-9-31)63-34-6-2-1-3-7-34)52-57(43(40)50-28-49-42)33-5-4-20-55(27-33)47(62)54-23-16-29(17-24-54)26-53-21-18-30(19-22-53)32-10-13-36-37(25-32)46(61)56(45(36)60)38-14-15-39(58)51-44(38)59/h1-3,6-13,25,28-30,33,38H,4-5,14-24,26-27H2,(H2,48,49,50)(H,51,58,59). The Morgan fingerprint density at radius 1 is 0.778 bits per heavy atom. The van der Waals surface area contributed by atoms with Gasteiger partial charge in [-0.3, -0.25) is 29.4 Å². The number of carbonyl (C=O) groups excluding carboxylic acids is 5. The minimum absolute atomic E-state index is 0.0679. The third kappa shape index (κ3) is 7.88. The van der Waals surface area contributed by atoms with Crippen LogP contribution in [0.1, 0.15) is 89.6 Å². The van der Waals surface area contributed by atoms with Crippen molar-refractivity contribution in [3.05, 3.63) is 95.8 Å². The number of imide groups is 2. The van der Waals surface area contributed by atoms with Crippen LogP contribution in [0.2, 0.25) is 0 Å². The number of hydrogen-bond donors (Lipinski definition) is 2. The Balaban J connectivity index is 0.724. The van der Waals surface area contributed by atoms with Crippen molar-refractivity contribution in [2.45, 2.75) is 69.4 Å². The van der Waals surface area contributed by atoms with Gasteiger partial charge in [-0.15, -0.1) is 0 Å². The topological polar surface area (TPSA) is 189 Å². The maximum atomic E-state index is 14.0. The van der Waals surface area contributed by atoms with Crippen molar-refractivity contribution < 1.29 is 28.7 Å². The second-order valence-electron chi connectivity index (χ2n) is 17.5. The maximum absolute atomic E-state index is 14.0. The van der Waals surface area contributed by atoms with Crippen molar-refractivity contribution in [3.63, 3.8) is 0 Å². The van der Waals surface area contributed by atoms with Crippen LogP contribution >= 0.6 is 0 Å². The summed E-state index contributed by atoms with van der Waals surface area (Å²) in [7, 11) is 0. The van der Waals surface area contributed by atoms with Gasteiger partial charge in [-0.25, -0.2) is 19.4 Å². The van der Waals surface area contributed by atoms with E-state index < -0.39 is 29.7 Å². The lowest BCUT2D eigenvalue weighted by Gasteiger charge is -2.40. The van der Waals surface area contributed by atoms with E-state index in [0.717, 1.165) is 93.0 Å². The number of piperidine rings is 4. The summed E-state index contributed by atoms with van der Waals surface area (Å²) in [5.41, 5.74) is 10.4. The number of likely N-dealkylation sites (tertiary alicyclic amines) is 3. The van der Waals surface area contributed by atoms with Crippen molar-refractivity contribution in [1.82, 2.24) is 44.7 Å². The predicted molar refractivity (Wildman–Crippen MR) is 233 cm³/mol. The van der Waals surface area contributed by atoms with Gasteiger partial charge in [0.25, 0.3) is 11.8 Å². The monoisotopic (exact) mass is 850 g/mol. The number of urea groups is 1. The molecule has 63 heavy (non-hydrogen) atoms. The number of nitrogens with two attached hydrogens (primary N) is 1. The molecule has 5 aliphatic heterocycles. The van der Waals surface area contributed by atoms with E-state index in [9.17, 15) is 24.0 Å². The van der Waals surface area contributed by atoms with E-state index in [0.29, 0.717) is 58.4 Å². The molecule has 3 aromatic carbocycles. The number of ether oxygens (including phenoxy) is 1. The number of amides is 6. The Hall–Kier alpha value is -6.68. The molecule has 6 amide bonds. The smallest absolute Gasteiger partial charge is 0.320 e. The quantitative estimate of drug-likeness (QED) is 0.185. The lowest BCUT2D eigenvalue weighted by atomic mass is 9.87. The van der Waals surface area contributed by atoms with E-state index in [-0.39, 0.29) is 30.8 Å². The number of rotatable bonds is 8. The molecule has 0 saturated carbocycles. The number of anilines is 1. The fraction of sp³-hybridized carbons (Fsp3) is 0.404. The van der Waals surface area contributed by atoms with Crippen LogP contribution in [-0.4, -0.2) is 121 Å². The summed E-state index contributed by atoms with van der Waals surface area (Å²) in [6.45, 7) is 5.52. The molecule has 4 saturated heterocycles. The zero-order valence-electron chi connectivity index (χ0n) is 35.0. The Labute approximate surface area is 364 Å². The van der Waals surface area contributed by atoms with Crippen LogP contribution in [0.4, 0.5) is 10.6 Å². The third-order valence-corrected chi connectivity index (χ3v) is 13.6. The molecule has 324 valence electrons. The predicted octanol–water partition coefficient (Wildman–Crippen LogP) is 5.62. The molecule has 0 radical (unpaired) electrons. The van der Waals surface area contributed by atoms with Crippen molar-refractivity contribution in [2.24, 2.45) is 5.92 Å². The van der Waals surface area contributed by atoms with Gasteiger partial charge in [0.1, 0.15) is 35.4 Å². The van der Waals surface area contributed by atoms with Crippen LogP contribution in [0.15, 0.2) is 79.1 Å². The first-order valence-corrected chi connectivity index (χ1v) is 22.1. The van der Waals surface area contributed by atoms with Crippen LogP contribution in [0.3, 0.4) is 0 Å². The van der Waals surface area contributed by atoms with E-state index in [4.69, 9.17) is 15.6 Å². The van der Waals surface area contributed by atoms with Gasteiger partial charge >= 0.3 is 6.03 Å². The fourth-order valence-corrected chi connectivity index (χ4v) is 10.1. The third-order valence-electron chi connectivity index (χ3n) is 13.6. The summed E-state index contributed by atoms with van der Waals surface area (Å²) in [6.07, 6.45) is 7.19. The average molecular weight is 851 g/mol. The Morgan fingerprint density at radius 3 is 2.29 bits per heavy atom. The van der Waals surface area contributed by atoms with Gasteiger partial charge in [0.05, 0.1) is 22.6 Å². The summed E-state index contributed by atoms with van der Waals surface area (Å²) in [5.74, 6) is 0.640. The van der Waals surface area contributed by atoms with E-state index in [1.54, 1.807) is 6.07 Å². The van der Waals surface area contributed by atoms with Gasteiger partial charge in [0.2, 0.25) is 11.8 Å². The maximum Gasteiger partial charge on any atom is 0.320 e. The molecule has 7 heterocycles. The highest BCUT2D eigenvalue weighted by Gasteiger charge is 2.45. The van der Waals surface area contributed by atoms with Crippen molar-refractivity contribution in [1.29, 1.82) is 0 Å². The highest BCUT2D eigenvalue weighted by Crippen LogP contribution is 2.37. The van der Waals surface area contributed by atoms with Crippen molar-refractivity contribution in [2.75, 3.05) is 51.5 Å². The summed E-state index contributed by atoms with van der Waals surface area (Å²) in [6, 6.07) is 21.9. The SMILES string of the molecule is Nc1ncnc2c1c(-c1ccc(Oc3ccccc3)cc1)nn2C1CCCN(C(=O)N2CCC(CN3CCC(c4ccc5c(c4)C(=O)N(C4CCC(=O)NC4=O)C5=O)CC3)CC2)C1. The number of aromatic nitrogens is 4. The van der Waals surface area contributed by atoms with Gasteiger partial charge in [0.15, 0.2) is 5.65 Å². The molecule has 0 aliphatic carbocycles. The zero-order chi connectivity index (χ0) is 43.2. The molecule has 4 fully saturated rings. The number of para-hydroxylation sites is 1. The second kappa shape index (κ2) is 16.9. The average Bonchev–Trinajstić information content (AvgIpc) is 3.82. The number of fused-ring (bicyclic) bond motifs is 2. The Morgan fingerprint density at radius 2 is 1.52 bits per heavy atom. The molecular formula is C47H50N10O6. The molecule has 3 N–H and O–H groups in total. The van der Waals surface area contributed by atoms with Gasteiger partial charge in [-0.1, -0.05) is 24.3 Å². The highest BCUT2D eigenvalue weighted by atomic mass is 16.5. The summed E-state index contributed by atoms with van der Waals surface area (Å²) < 4.78 is 7.95. The van der Waals surface area contributed by atoms with Gasteiger partial charge in [0, 0.05) is 44.7 Å². The molecule has 2 aromatic heterocycles. The van der Waals surface area contributed by atoms with Crippen LogP contribution in [0.5, 0.6) is 11.5 Å². The minimum Gasteiger partial charge on any atom is -0.457 e. The first-order valence-electron chi connectivity index (χ1n) is 22.1. The molecular weight excluding hydrogens is 801 g/mol. The number of benzene rings is 3. The number of hydrogen-bond acceptors (Lipinski definition) is 11. The normalized spacial score (nSPS) is 21.6. The van der Waals surface area contributed by atoms with Crippen molar-refractivity contribution >= 4 is 46.5 Å². The Bertz CT molecular complexity index is 2580. The lowest BCUT2D eigenvalue weighted by Crippen LogP contribution is -2.54. The second-order valence-corrected chi connectivity index (χ2v) is 17.5. The molecule has 16 heteroatoms. The number of nitrogens with zero attached hydrogens (tertiary/aromatic N) is 8. The molecule has 2 unspecified atom stereocenters. The molecule has 2 atom stereocenters. The van der Waals surface area contributed by atoms with E-state index in [1.165, 1.54) is 6.33 Å². The van der Waals surface area contributed by atoms with Gasteiger partial charge in [-0.05, 0) is 124 Å². The number of carbonyl (C=O) groups is 5. The largest absolute Gasteiger partial charge is 0.457 e. The van der Waals surface area contributed by atoms with Gasteiger partial charge in [-0.2, -0.15) is 5.10 Å². The van der Waals surface area contributed by atoms with Crippen LogP contribution in [0, 0.1) is 5.92 Å². The van der Waals surface area contributed by atoms with E-state index in [1.807, 2.05) is 81.2 Å². The van der Waals surface area contributed by atoms with E-state index >= 15 is 0 Å². The molecule has 5 aliphatic rings. The Kier molecular flexibility index (Phi) is 10.8. The zero-order valence-corrected chi connectivity index (χ0v) is 35.0. The first-order chi connectivity index (χ1) is 30.7. The summed E-state index contributed by atoms with van der Waals surface area (Å²) in [5, 5.41) is 8.03. The van der Waals surface area contributed by atoms with Crippen LogP contribution < -0.4 is 15.8 Å². The van der Waals surface area contributed by atoms with Crippen LogP contribution in [-0.2, 0) is 9.59 Å².